The van der Waals surface area contributed by atoms with Crippen LogP contribution in [0.1, 0.15) is 0 Å². The number of sulfone groups is 1. The molecule has 7 nitrogen and oxygen atoms in total. The van der Waals surface area contributed by atoms with Crippen molar-refractivity contribution in [2.45, 2.75) is 4.90 Å². The number of hydrogen-bond donors (Lipinski definition) is 0. The van der Waals surface area contributed by atoms with Crippen molar-refractivity contribution in [3.05, 3.63) is 94.0 Å². The average molecular weight is 454 g/mol. The van der Waals surface area contributed by atoms with Gasteiger partial charge < -0.3 is 0 Å². The van der Waals surface area contributed by atoms with Crippen molar-refractivity contribution in [3.63, 3.8) is 0 Å². The summed E-state index contributed by atoms with van der Waals surface area (Å²) in [6.45, 7) is 0. The standard InChI is InChI=1S/C22H16ClN3O4S/c1-31(29,30)18-12-10-17(11-13-18)25-22(15-6-8-16(23)9-7-15)14-20(24-25)19-4-2-3-5-21(19)26(27)28/h2-14H,1H3. The molecule has 0 bridgehead atoms. The lowest BCUT2D eigenvalue weighted by Crippen LogP contribution is -2.01. The van der Waals surface area contributed by atoms with E-state index in [0.717, 1.165) is 11.8 Å². The highest BCUT2D eigenvalue weighted by Gasteiger charge is 2.20. The molecule has 4 rings (SSSR count). The van der Waals surface area contributed by atoms with Crippen molar-refractivity contribution >= 4 is 27.1 Å². The Morgan fingerprint density at radius 1 is 0.968 bits per heavy atom. The highest BCUT2D eigenvalue weighted by molar-refractivity contribution is 7.90. The predicted octanol–water partition coefficient (Wildman–Crippen LogP) is 5.17. The van der Waals surface area contributed by atoms with E-state index in [1.54, 1.807) is 53.2 Å². The smallest absolute Gasteiger partial charge is 0.258 e. The second-order valence-corrected chi connectivity index (χ2v) is 9.33. The maximum atomic E-state index is 11.8. The Balaban J connectivity index is 1.92. The molecule has 0 amide bonds. The molecular weight excluding hydrogens is 438 g/mol. The minimum atomic E-state index is -3.34. The van der Waals surface area contributed by atoms with E-state index in [0.29, 0.717) is 27.7 Å². The molecule has 0 unspecified atom stereocenters. The van der Waals surface area contributed by atoms with Crippen molar-refractivity contribution in [2.24, 2.45) is 0 Å². The van der Waals surface area contributed by atoms with Crippen molar-refractivity contribution in [1.82, 2.24) is 9.78 Å². The van der Waals surface area contributed by atoms with Gasteiger partial charge in [-0.1, -0.05) is 35.9 Å². The van der Waals surface area contributed by atoms with Crippen LogP contribution in [0, 0.1) is 10.1 Å². The number of nitro groups is 1. The molecule has 0 N–H and O–H groups in total. The molecule has 9 heteroatoms. The topological polar surface area (TPSA) is 95.1 Å². The van der Waals surface area contributed by atoms with E-state index < -0.39 is 14.8 Å². The third-order valence-corrected chi connectivity index (χ3v) is 6.12. The Morgan fingerprint density at radius 3 is 2.23 bits per heavy atom. The van der Waals surface area contributed by atoms with Crippen LogP contribution in [0.4, 0.5) is 5.69 Å². The zero-order chi connectivity index (χ0) is 22.2. The Bertz CT molecular complexity index is 1380. The lowest BCUT2D eigenvalue weighted by molar-refractivity contribution is -0.384. The van der Waals surface area contributed by atoms with Crippen LogP contribution in [0.15, 0.2) is 83.8 Å². The van der Waals surface area contributed by atoms with Gasteiger partial charge in [0.25, 0.3) is 5.69 Å². The minimum Gasteiger partial charge on any atom is -0.258 e. The summed E-state index contributed by atoms with van der Waals surface area (Å²) < 4.78 is 25.2. The van der Waals surface area contributed by atoms with Gasteiger partial charge in [0.15, 0.2) is 9.84 Å². The SMILES string of the molecule is CS(=O)(=O)c1ccc(-n2nc(-c3ccccc3[N+](=O)[O-])cc2-c2ccc(Cl)cc2)cc1. The van der Waals surface area contributed by atoms with Gasteiger partial charge in [-0.3, -0.25) is 10.1 Å². The van der Waals surface area contributed by atoms with E-state index in [1.165, 1.54) is 18.2 Å². The molecule has 0 aliphatic rings. The van der Waals surface area contributed by atoms with Gasteiger partial charge in [-0.2, -0.15) is 5.10 Å². The number of rotatable bonds is 5. The second-order valence-electron chi connectivity index (χ2n) is 6.87. The first-order chi connectivity index (χ1) is 14.7. The van der Waals surface area contributed by atoms with Gasteiger partial charge in [0.05, 0.1) is 26.8 Å². The first-order valence-corrected chi connectivity index (χ1v) is 11.4. The fourth-order valence-corrected chi connectivity index (χ4v) is 3.98. The summed E-state index contributed by atoms with van der Waals surface area (Å²) in [5.74, 6) is 0. The maximum Gasteiger partial charge on any atom is 0.278 e. The quantitative estimate of drug-likeness (QED) is 0.307. The minimum absolute atomic E-state index is 0.0535. The van der Waals surface area contributed by atoms with Crippen molar-refractivity contribution in [3.8, 4) is 28.2 Å². The number of benzene rings is 3. The summed E-state index contributed by atoms with van der Waals surface area (Å²) in [5.41, 5.74) is 2.84. The molecule has 0 fully saturated rings. The Hall–Kier alpha value is -3.49. The molecule has 1 heterocycles. The van der Waals surface area contributed by atoms with Crippen LogP contribution in [0.3, 0.4) is 0 Å². The summed E-state index contributed by atoms with van der Waals surface area (Å²) in [7, 11) is -3.34. The molecule has 1 aromatic heterocycles. The van der Waals surface area contributed by atoms with Gasteiger partial charge in [-0.05, 0) is 48.5 Å². The number of hydrogen-bond acceptors (Lipinski definition) is 5. The molecule has 0 atom stereocenters. The summed E-state index contributed by atoms with van der Waals surface area (Å²) in [6.07, 6.45) is 1.14. The normalized spacial score (nSPS) is 11.4. The molecule has 0 radical (unpaired) electrons. The summed E-state index contributed by atoms with van der Waals surface area (Å²) >= 11 is 6.02. The zero-order valence-electron chi connectivity index (χ0n) is 16.3. The van der Waals surface area contributed by atoms with Crippen LogP contribution in [0.25, 0.3) is 28.2 Å². The van der Waals surface area contributed by atoms with E-state index in [9.17, 15) is 18.5 Å². The first-order valence-electron chi connectivity index (χ1n) is 9.14. The van der Waals surface area contributed by atoms with E-state index in [4.69, 9.17) is 11.6 Å². The lowest BCUT2D eigenvalue weighted by Gasteiger charge is -2.08. The fraction of sp³-hybridized carbons (Fsp3) is 0.0455. The Labute approximate surface area is 183 Å². The van der Waals surface area contributed by atoms with E-state index in [-0.39, 0.29) is 10.6 Å². The highest BCUT2D eigenvalue weighted by atomic mass is 35.5. The predicted molar refractivity (Wildman–Crippen MR) is 119 cm³/mol. The molecule has 156 valence electrons. The van der Waals surface area contributed by atoms with Crippen LogP contribution in [0.5, 0.6) is 0 Å². The molecule has 31 heavy (non-hydrogen) atoms. The molecule has 0 spiro atoms. The van der Waals surface area contributed by atoms with E-state index in [1.807, 2.05) is 12.1 Å². The molecule has 4 aromatic rings. The Morgan fingerprint density at radius 2 is 1.61 bits per heavy atom. The van der Waals surface area contributed by atoms with Crippen molar-refractivity contribution in [2.75, 3.05) is 6.26 Å². The maximum absolute atomic E-state index is 11.8. The number of halogens is 1. The third kappa shape index (κ3) is 4.21. The number of nitrogens with zero attached hydrogens (tertiary/aromatic N) is 3. The monoisotopic (exact) mass is 453 g/mol. The zero-order valence-corrected chi connectivity index (χ0v) is 17.8. The number of aromatic nitrogens is 2. The molecule has 0 aliphatic heterocycles. The van der Waals surface area contributed by atoms with E-state index in [2.05, 4.69) is 5.10 Å². The molecule has 0 saturated heterocycles. The van der Waals surface area contributed by atoms with E-state index >= 15 is 0 Å². The lowest BCUT2D eigenvalue weighted by atomic mass is 10.1. The summed E-state index contributed by atoms with van der Waals surface area (Å²) in [4.78, 5) is 11.2. The van der Waals surface area contributed by atoms with Gasteiger partial charge in [0.2, 0.25) is 0 Å². The van der Waals surface area contributed by atoms with Crippen molar-refractivity contribution < 1.29 is 13.3 Å². The highest BCUT2D eigenvalue weighted by Crippen LogP contribution is 2.33. The largest absolute Gasteiger partial charge is 0.278 e. The van der Waals surface area contributed by atoms with Crippen LogP contribution >= 0.6 is 11.6 Å². The van der Waals surface area contributed by atoms with Crippen molar-refractivity contribution in [1.29, 1.82) is 0 Å². The summed E-state index contributed by atoms with van der Waals surface area (Å²) in [6, 6.07) is 21.6. The fourth-order valence-electron chi connectivity index (χ4n) is 3.22. The van der Waals surface area contributed by atoms with Gasteiger partial charge in [-0.25, -0.2) is 13.1 Å². The Kier molecular flexibility index (Phi) is 5.34. The second kappa shape index (κ2) is 7.98. The average Bonchev–Trinajstić information content (AvgIpc) is 3.19. The van der Waals surface area contributed by atoms with Crippen LogP contribution in [-0.2, 0) is 9.84 Å². The molecular formula is C22H16ClN3O4S. The van der Waals surface area contributed by atoms with Crippen LogP contribution in [-0.4, -0.2) is 29.4 Å². The molecule has 3 aromatic carbocycles. The summed E-state index contributed by atoms with van der Waals surface area (Å²) in [5, 5.41) is 16.7. The third-order valence-electron chi connectivity index (χ3n) is 4.74. The van der Waals surface area contributed by atoms with Crippen LogP contribution in [0.2, 0.25) is 5.02 Å². The number of para-hydroxylation sites is 1. The van der Waals surface area contributed by atoms with Gasteiger partial charge in [-0.15, -0.1) is 0 Å². The van der Waals surface area contributed by atoms with Crippen LogP contribution < -0.4 is 0 Å². The number of nitro benzene ring substituents is 1. The van der Waals surface area contributed by atoms with Gasteiger partial charge in [0, 0.05) is 22.9 Å². The first kappa shape index (κ1) is 20.8. The molecule has 0 aliphatic carbocycles. The van der Waals surface area contributed by atoms with Gasteiger partial charge in [0.1, 0.15) is 5.69 Å². The molecule has 0 saturated carbocycles. The van der Waals surface area contributed by atoms with Gasteiger partial charge >= 0.3 is 0 Å².